The van der Waals surface area contributed by atoms with Crippen LogP contribution in [0.5, 0.6) is 5.75 Å². The van der Waals surface area contributed by atoms with Gasteiger partial charge in [-0.15, -0.1) is 0 Å². The minimum Gasteiger partial charge on any atom is -0.493 e. The topological polar surface area (TPSA) is 21.3 Å². The van der Waals surface area contributed by atoms with Gasteiger partial charge in [0.15, 0.2) is 0 Å². The molecular formula is C17H18FNO. The Kier molecular flexibility index (Phi) is 3.45. The summed E-state index contributed by atoms with van der Waals surface area (Å²) in [6.45, 7) is 2.66. The predicted molar refractivity (Wildman–Crippen MR) is 77.7 cm³/mol. The molecule has 1 heterocycles. The third-order valence-corrected chi connectivity index (χ3v) is 3.73. The van der Waals surface area contributed by atoms with Crippen LogP contribution in [0.2, 0.25) is 0 Å². The van der Waals surface area contributed by atoms with Gasteiger partial charge in [0.25, 0.3) is 0 Å². The zero-order valence-corrected chi connectivity index (χ0v) is 11.7. The van der Waals surface area contributed by atoms with Crippen LogP contribution in [0.3, 0.4) is 0 Å². The Morgan fingerprint density at radius 1 is 1.15 bits per heavy atom. The number of nitrogens with one attached hydrogen (secondary N) is 1. The maximum Gasteiger partial charge on any atom is 0.123 e. The van der Waals surface area contributed by atoms with E-state index >= 15 is 0 Å². The zero-order chi connectivity index (χ0) is 14.1. The second-order valence-electron chi connectivity index (χ2n) is 5.25. The number of hydrogen-bond acceptors (Lipinski definition) is 2. The fourth-order valence-corrected chi connectivity index (χ4v) is 2.84. The molecule has 1 aliphatic rings. The van der Waals surface area contributed by atoms with Crippen LogP contribution in [0.4, 0.5) is 4.39 Å². The fraction of sp³-hybridized carbons (Fsp3) is 0.294. The van der Waals surface area contributed by atoms with Crippen LogP contribution in [0.1, 0.15) is 28.3 Å². The van der Waals surface area contributed by atoms with Gasteiger partial charge < -0.3 is 10.1 Å². The summed E-state index contributed by atoms with van der Waals surface area (Å²) in [4.78, 5) is 0. The molecule has 0 aromatic heterocycles. The van der Waals surface area contributed by atoms with Gasteiger partial charge in [-0.05, 0) is 54.4 Å². The lowest BCUT2D eigenvalue weighted by molar-refractivity contribution is 0.357. The monoisotopic (exact) mass is 271 g/mol. The maximum atomic E-state index is 13.6. The molecular weight excluding hydrogens is 253 g/mol. The second-order valence-corrected chi connectivity index (χ2v) is 5.25. The van der Waals surface area contributed by atoms with Crippen LogP contribution < -0.4 is 10.1 Å². The number of aryl methyl sites for hydroxylation is 1. The molecule has 0 amide bonds. The van der Waals surface area contributed by atoms with E-state index in [-0.39, 0.29) is 11.9 Å². The molecule has 3 rings (SSSR count). The van der Waals surface area contributed by atoms with Crippen molar-refractivity contribution in [3.05, 3.63) is 64.5 Å². The average Bonchev–Trinajstić information content (AvgIpc) is 2.86. The third-order valence-electron chi connectivity index (χ3n) is 3.73. The van der Waals surface area contributed by atoms with Gasteiger partial charge in [0, 0.05) is 6.42 Å². The summed E-state index contributed by atoms with van der Waals surface area (Å²) in [6, 6.07) is 11.4. The molecule has 3 heteroatoms. The maximum absolute atomic E-state index is 13.6. The smallest absolute Gasteiger partial charge is 0.123 e. The van der Waals surface area contributed by atoms with Crippen LogP contribution in [0.25, 0.3) is 0 Å². The highest BCUT2D eigenvalue weighted by Gasteiger charge is 2.18. The van der Waals surface area contributed by atoms with E-state index in [2.05, 4.69) is 11.4 Å². The summed E-state index contributed by atoms with van der Waals surface area (Å²) >= 11 is 0. The van der Waals surface area contributed by atoms with Gasteiger partial charge in [-0.2, -0.15) is 0 Å². The van der Waals surface area contributed by atoms with Crippen molar-refractivity contribution in [2.75, 3.05) is 13.7 Å². The summed E-state index contributed by atoms with van der Waals surface area (Å²) in [5.41, 5.74) is 4.26. The first-order chi connectivity index (χ1) is 9.67. The molecule has 2 aromatic carbocycles. The summed E-state index contributed by atoms with van der Waals surface area (Å²) in [7, 11) is 1.90. The lowest BCUT2D eigenvalue weighted by Crippen LogP contribution is -2.18. The van der Waals surface area contributed by atoms with Gasteiger partial charge in [0.05, 0.1) is 12.6 Å². The van der Waals surface area contributed by atoms with E-state index < -0.39 is 0 Å². The Bertz CT molecular complexity index is 619. The minimum absolute atomic E-state index is 0.00435. The molecule has 0 radical (unpaired) electrons. The Morgan fingerprint density at radius 3 is 2.75 bits per heavy atom. The fourth-order valence-electron chi connectivity index (χ4n) is 2.84. The van der Waals surface area contributed by atoms with Gasteiger partial charge in [-0.25, -0.2) is 4.39 Å². The van der Waals surface area contributed by atoms with Crippen LogP contribution in [0, 0.1) is 12.7 Å². The molecule has 1 atom stereocenters. The van der Waals surface area contributed by atoms with E-state index in [0.29, 0.717) is 0 Å². The number of fused-ring (bicyclic) bond motifs is 1. The van der Waals surface area contributed by atoms with Crippen molar-refractivity contribution in [1.82, 2.24) is 5.32 Å². The molecule has 1 N–H and O–H groups in total. The van der Waals surface area contributed by atoms with Gasteiger partial charge in [0.1, 0.15) is 11.6 Å². The number of benzene rings is 2. The first kappa shape index (κ1) is 13.1. The summed E-state index contributed by atoms with van der Waals surface area (Å²) < 4.78 is 19.1. The quantitative estimate of drug-likeness (QED) is 0.924. The van der Waals surface area contributed by atoms with Crippen LogP contribution in [0.15, 0.2) is 36.4 Å². The molecule has 1 unspecified atom stereocenters. The van der Waals surface area contributed by atoms with Crippen molar-refractivity contribution in [1.29, 1.82) is 0 Å². The van der Waals surface area contributed by atoms with Gasteiger partial charge in [-0.3, -0.25) is 0 Å². The van der Waals surface area contributed by atoms with E-state index in [1.165, 1.54) is 5.56 Å². The Labute approximate surface area is 118 Å². The molecule has 1 aliphatic heterocycles. The highest BCUT2D eigenvalue weighted by molar-refractivity contribution is 5.43. The first-order valence-electron chi connectivity index (χ1n) is 6.87. The van der Waals surface area contributed by atoms with E-state index in [1.807, 2.05) is 32.2 Å². The van der Waals surface area contributed by atoms with E-state index in [1.54, 1.807) is 12.1 Å². The number of rotatable bonds is 3. The van der Waals surface area contributed by atoms with Crippen molar-refractivity contribution in [2.45, 2.75) is 19.4 Å². The zero-order valence-electron chi connectivity index (χ0n) is 11.7. The van der Waals surface area contributed by atoms with E-state index in [4.69, 9.17) is 4.74 Å². The summed E-state index contributed by atoms with van der Waals surface area (Å²) in [5, 5.41) is 3.27. The van der Waals surface area contributed by atoms with Crippen LogP contribution >= 0.6 is 0 Å². The average molecular weight is 271 g/mol. The standard InChI is InChI=1S/C17H18FNO/c1-11-7-14(10-15(18)8-11)17(19-2)13-3-4-16-12(9-13)5-6-20-16/h3-4,7-10,17,19H,5-6H2,1-2H3. The number of hydrogen-bond donors (Lipinski definition) is 1. The Hall–Kier alpha value is -1.87. The highest BCUT2D eigenvalue weighted by Crippen LogP contribution is 2.31. The first-order valence-corrected chi connectivity index (χ1v) is 6.87. The van der Waals surface area contributed by atoms with Crippen molar-refractivity contribution in [2.24, 2.45) is 0 Å². The van der Waals surface area contributed by atoms with Crippen molar-refractivity contribution in [3.63, 3.8) is 0 Å². The highest BCUT2D eigenvalue weighted by atomic mass is 19.1. The van der Waals surface area contributed by atoms with E-state index in [0.717, 1.165) is 35.5 Å². The lowest BCUT2D eigenvalue weighted by atomic mass is 9.95. The molecule has 0 fully saturated rings. The predicted octanol–water partition coefficient (Wildman–Crippen LogP) is 3.38. The van der Waals surface area contributed by atoms with Crippen molar-refractivity contribution < 1.29 is 9.13 Å². The van der Waals surface area contributed by atoms with Crippen LogP contribution in [-0.2, 0) is 6.42 Å². The molecule has 0 saturated heterocycles. The van der Waals surface area contributed by atoms with E-state index in [9.17, 15) is 4.39 Å². The Balaban J connectivity index is 2.01. The Morgan fingerprint density at radius 2 is 2.00 bits per heavy atom. The van der Waals surface area contributed by atoms with Crippen molar-refractivity contribution in [3.8, 4) is 5.75 Å². The minimum atomic E-state index is -0.190. The summed E-state index contributed by atoms with van der Waals surface area (Å²) in [5.74, 6) is 0.781. The molecule has 0 saturated carbocycles. The molecule has 2 nitrogen and oxygen atoms in total. The van der Waals surface area contributed by atoms with Gasteiger partial charge >= 0.3 is 0 Å². The molecule has 104 valence electrons. The molecule has 20 heavy (non-hydrogen) atoms. The third kappa shape index (κ3) is 2.41. The largest absolute Gasteiger partial charge is 0.493 e. The van der Waals surface area contributed by atoms with Crippen molar-refractivity contribution >= 4 is 0 Å². The van der Waals surface area contributed by atoms with Crippen LogP contribution in [-0.4, -0.2) is 13.7 Å². The number of halogens is 1. The SMILES string of the molecule is CNC(c1cc(C)cc(F)c1)c1ccc2c(c1)CCO2. The second kappa shape index (κ2) is 5.25. The molecule has 0 aliphatic carbocycles. The number of ether oxygens (including phenoxy) is 1. The normalized spacial score (nSPS) is 14.8. The lowest BCUT2D eigenvalue weighted by Gasteiger charge is -2.18. The van der Waals surface area contributed by atoms with Gasteiger partial charge in [-0.1, -0.05) is 18.2 Å². The molecule has 2 aromatic rings. The molecule has 0 bridgehead atoms. The van der Waals surface area contributed by atoms with Gasteiger partial charge in [0.2, 0.25) is 0 Å². The molecule has 0 spiro atoms. The summed E-state index contributed by atoms with van der Waals surface area (Å²) in [6.07, 6.45) is 0.946.